The fourth-order valence-corrected chi connectivity index (χ4v) is 2.09. The van der Waals surface area contributed by atoms with Gasteiger partial charge in [-0.2, -0.15) is 0 Å². The predicted octanol–water partition coefficient (Wildman–Crippen LogP) is 3.47. The zero-order valence-electron chi connectivity index (χ0n) is 9.26. The van der Waals surface area contributed by atoms with E-state index in [1.807, 2.05) is 30.5 Å². The molecule has 0 aliphatic carbocycles. The summed E-state index contributed by atoms with van der Waals surface area (Å²) in [6.45, 7) is 2.07. The van der Waals surface area contributed by atoms with E-state index in [1.54, 1.807) is 4.52 Å². The topological polar surface area (TPSA) is 30.2 Å². The molecule has 0 saturated heterocycles. The fraction of sp³-hybridized carbons (Fsp3) is 0.0769. The van der Waals surface area contributed by atoms with Crippen LogP contribution >= 0.6 is 15.9 Å². The summed E-state index contributed by atoms with van der Waals surface area (Å²) in [5.41, 5.74) is 3.10. The number of nitrogens with zero attached hydrogens (tertiary/aromatic N) is 3. The van der Waals surface area contributed by atoms with Gasteiger partial charge in [0.15, 0.2) is 11.5 Å². The van der Waals surface area contributed by atoms with E-state index in [-0.39, 0.29) is 0 Å². The van der Waals surface area contributed by atoms with Gasteiger partial charge in [-0.25, -0.2) is 9.50 Å². The maximum absolute atomic E-state index is 4.51. The highest BCUT2D eigenvalue weighted by atomic mass is 79.9. The molecular formula is C13H10BrN3. The second kappa shape index (κ2) is 3.96. The van der Waals surface area contributed by atoms with Gasteiger partial charge >= 0.3 is 0 Å². The number of halogens is 1. The molecule has 0 radical (unpaired) electrons. The van der Waals surface area contributed by atoms with Crippen molar-refractivity contribution in [3.63, 3.8) is 0 Å². The van der Waals surface area contributed by atoms with Crippen LogP contribution in [0.2, 0.25) is 0 Å². The Hall–Kier alpha value is -1.68. The van der Waals surface area contributed by atoms with Gasteiger partial charge in [-0.3, -0.25) is 0 Å². The summed E-state index contributed by atoms with van der Waals surface area (Å²) in [5.74, 6) is 0.756. The Bertz CT molecular complexity index is 688. The van der Waals surface area contributed by atoms with E-state index in [1.165, 1.54) is 5.56 Å². The van der Waals surface area contributed by atoms with Crippen molar-refractivity contribution in [1.82, 2.24) is 14.6 Å². The van der Waals surface area contributed by atoms with Crippen LogP contribution in [0.5, 0.6) is 0 Å². The Morgan fingerprint density at radius 2 is 2.06 bits per heavy atom. The first-order valence-electron chi connectivity index (χ1n) is 5.31. The van der Waals surface area contributed by atoms with E-state index >= 15 is 0 Å². The van der Waals surface area contributed by atoms with Gasteiger partial charge in [-0.05, 0) is 25.1 Å². The highest BCUT2D eigenvalue weighted by molar-refractivity contribution is 9.10. The highest BCUT2D eigenvalue weighted by Gasteiger charge is 2.06. The van der Waals surface area contributed by atoms with Crippen molar-refractivity contribution < 1.29 is 0 Å². The van der Waals surface area contributed by atoms with Crippen LogP contribution in [-0.2, 0) is 0 Å². The molecular weight excluding hydrogens is 278 g/mol. The minimum absolute atomic E-state index is 0.756. The number of benzene rings is 1. The molecule has 3 rings (SSSR count). The quantitative estimate of drug-likeness (QED) is 0.686. The van der Waals surface area contributed by atoms with E-state index in [0.717, 1.165) is 21.5 Å². The number of fused-ring (bicyclic) bond motifs is 1. The van der Waals surface area contributed by atoms with Crippen LogP contribution < -0.4 is 0 Å². The van der Waals surface area contributed by atoms with Crippen molar-refractivity contribution in [2.45, 2.75) is 6.92 Å². The first-order chi connectivity index (χ1) is 8.22. The second-order valence-electron chi connectivity index (χ2n) is 3.95. The standard InChI is InChI=1S/C13H10BrN3/c1-9-3-2-4-10(7-9)13-15-12-8-11(14)5-6-17(12)16-13/h2-8H,1H3. The highest BCUT2D eigenvalue weighted by Crippen LogP contribution is 2.19. The Kier molecular flexibility index (Phi) is 2.44. The summed E-state index contributed by atoms with van der Waals surface area (Å²) in [4.78, 5) is 4.51. The average molecular weight is 288 g/mol. The average Bonchev–Trinajstić information content (AvgIpc) is 2.72. The van der Waals surface area contributed by atoms with Crippen molar-refractivity contribution in [1.29, 1.82) is 0 Å². The summed E-state index contributed by atoms with van der Waals surface area (Å²) < 4.78 is 2.79. The normalized spacial score (nSPS) is 10.9. The molecule has 0 aliphatic heterocycles. The maximum Gasteiger partial charge on any atom is 0.182 e. The van der Waals surface area contributed by atoms with Gasteiger partial charge in [0.05, 0.1) is 0 Å². The summed E-state index contributed by atoms with van der Waals surface area (Å²) in [6, 6.07) is 12.1. The van der Waals surface area contributed by atoms with E-state index in [2.05, 4.69) is 45.1 Å². The third kappa shape index (κ3) is 1.96. The van der Waals surface area contributed by atoms with Crippen LogP contribution in [-0.4, -0.2) is 14.6 Å². The molecule has 84 valence electrons. The van der Waals surface area contributed by atoms with Crippen molar-refractivity contribution in [2.24, 2.45) is 0 Å². The van der Waals surface area contributed by atoms with Crippen LogP contribution in [0.25, 0.3) is 17.0 Å². The molecule has 2 aromatic heterocycles. The molecule has 4 heteroatoms. The van der Waals surface area contributed by atoms with Crippen molar-refractivity contribution >= 4 is 21.6 Å². The summed E-state index contributed by atoms with van der Waals surface area (Å²) in [7, 11) is 0. The van der Waals surface area contributed by atoms with Gasteiger partial charge < -0.3 is 0 Å². The third-order valence-corrected chi connectivity index (χ3v) is 3.07. The molecule has 17 heavy (non-hydrogen) atoms. The van der Waals surface area contributed by atoms with Crippen LogP contribution in [0.1, 0.15) is 5.56 Å². The lowest BCUT2D eigenvalue weighted by molar-refractivity contribution is 0.964. The summed E-state index contributed by atoms with van der Waals surface area (Å²) in [6.07, 6.45) is 1.89. The third-order valence-electron chi connectivity index (χ3n) is 2.58. The number of hydrogen-bond donors (Lipinski definition) is 0. The molecule has 3 nitrogen and oxygen atoms in total. The molecule has 1 aromatic carbocycles. The van der Waals surface area contributed by atoms with Gasteiger partial charge in [0, 0.05) is 16.2 Å². The first-order valence-corrected chi connectivity index (χ1v) is 6.11. The van der Waals surface area contributed by atoms with E-state index < -0.39 is 0 Å². The molecule has 0 bridgehead atoms. The van der Waals surface area contributed by atoms with E-state index in [9.17, 15) is 0 Å². The van der Waals surface area contributed by atoms with E-state index in [0.29, 0.717) is 0 Å². The molecule has 2 heterocycles. The van der Waals surface area contributed by atoms with Crippen LogP contribution in [0.15, 0.2) is 47.1 Å². The predicted molar refractivity (Wildman–Crippen MR) is 70.9 cm³/mol. The van der Waals surface area contributed by atoms with Gasteiger partial charge in [-0.15, -0.1) is 5.10 Å². The molecule has 0 saturated carbocycles. The number of aromatic nitrogens is 3. The SMILES string of the molecule is Cc1cccc(-c2nc3cc(Br)ccn3n2)c1. The minimum atomic E-state index is 0.756. The molecule has 0 amide bonds. The summed E-state index contributed by atoms with van der Waals surface area (Å²) >= 11 is 3.43. The summed E-state index contributed by atoms with van der Waals surface area (Å²) in [5, 5.41) is 4.45. The molecule has 0 aliphatic rings. The van der Waals surface area contributed by atoms with Gasteiger partial charge in [0.25, 0.3) is 0 Å². The number of rotatable bonds is 1. The van der Waals surface area contributed by atoms with Crippen LogP contribution in [0.4, 0.5) is 0 Å². The lowest BCUT2D eigenvalue weighted by Crippen LogP contribution is -1.86. The number of aryl methyl sites for hydroxylation is 1. The molecule has 3 aromatic rings. The van der Waals surface area contributed by atoms with Gasteiger partial charge in [-0.1, -0.05) is 39.7 Å². The van der Waals surface area contributed by atoms with Crippen molar-refractivity contribution in [3.8, 4) is 11.4 Å². The number of pyridine rings is 1. The van der Waals surface area contributed by atoms with Gasteiger partial charge in [0.2, 0.25) is 0 Å². The molecule has 0 atom stereocenters. The maximum atomic E-state index is 4.51. The lowest BCUT2D eigenvalue weighted by Gasteiger charge is -1.95. The molecule has 0 N–H and O–H groups in total. The fourth-order valence-electron chi connectivity index (χ4n) is 1.76. The van der Waals surface area contributed by atoms with Crippen molar-refractivity contribution in [3.05, 3.63) is 52.6 Å². The Morgan fingerprint density at radius 1 is 1.18 bits per heavy atom. The lowest BCUT2D eigenvalue weighted by atomic mass is 10.1. The zero-order valence-corrected chi connectivity index (χ0v) is 10.8. The van der Waals surface area contributed by atoms with Gasteiger partial charge in [0.1, 0.15) is 0 Å². The second-order valence-corrected chi connectivity index (χ2v) is 4.87. The molecule has 0 unspecified atom stereocenters. The number of hydrogen-bond acceptors (Lipinski definition) is 2. The van der Waals surface area contributed by atoms with Crippen LogP contribution in [0.3, 0.4) is 0 Å². The van der Waals surface area contributed by atoms with Crippen molar-refractivity contribution in [2.75, 3.05) is 0 Å². The molecule has 0 fully saturated rings. The Balaban J connectivity index is 2.18. The first kappa shape index (κ1) is 10.5. The monoisotopic (exact) mass is 287 g/mol. The Labute approximate surface area is 107 Å². The Morgan fingerprint density at radius 3 is 2.88 bits per heavy atom. The smallest absolute Gasteiger partial charge is 0.182 e. The largest absolute Gasteiger partial charge is 0.220 e. The zero-order chi connectivity index (χ0) is 11.8. The van der Waals surface area contributed by atoms with E-state index in [4.69, 9.17) is 0 Å². The molecule has 0 spiro atoms. The minimum Gasteiger partial charge on any atom is -0.220 e. The van der Waals surface area contributed by atoms with Crippen LogP contribution in [0, 0.1) is 6.92 Å².